The Bertz CT molecular complexity index is 932. The van der Waals surface area contributed by atoms with Crippen LogP contribution in [0.3, 0.4) is 0 Å². The van der Waals surface area contributed by atoms with E-state index in [9.17, 15) is 0 Å². The van der Waals surface area contributed by atoms with Gasteiger partial charge in [-0.05, 0) is 47.4 Å². The number of nitrogens with two attached hydrogens (primary N) is 1. The fourth-order valence-corrected chi connectivity index (χ4v) is 4.77. The molecule has 27 heavy (non-hydrogen) atoms. The highest BCUT2D eigenvalue weighted by Gasteiger charge is 2.16. The molecule has 0 saturated heterocycles. The molecule has 0 bridgehead atoms. The standard InChI is InChI=1S/C23H25NOS2/c1-23(2,3)16-13-14-17(24)22(15-16)27-21-12-8-7-11-20(21)26-19-10-6-5-9-18(19)25-4/h5-15H,24H2,1-4H3. The van der Waals surface area contributed by atoms with Gasteiger partial charge in [0.25, 0.3) is 0 Å². The third kappa shape index (κ3) is 4.82. The average molecular weight is 396 g/mol. The Morgan fingerprint density at radius 2 is 1.30 bits per heavy atom. The number of para-hydroxylation sites is 1. The third-order valence-electron chi connectivity index (χ3n) is 4.24. The molecule has 3 aromatic rings. The molecule has 4 heteroatoms. The predicted octanol–water partition coefficient (Wildman–Crippen LogP) is 6.88. The molecule has 0 atom stereocenters. The van der Waals surface area contributed by atoms with Gasteiger partial charge in [-0.1, -0.05) is 74.6 Å². The summed E-state index contributed by atoms with van der Waals surface area (Å²) in [6.07, 6.45) is 0. The Kier molecular flexibility index (Phi) is 6.08. The van der Waals surface area contributed by atoms with E-state index in [2.05, 4.69) is 63.2 Å². The maximum absolute atomic E-state index is 6.28. The maximum Gasteiger partial charge on any atom is 0.132 e. The first-order valence-electron chi connectivity index (χ1n) is 8.86. The number of benzene rings is 3. The lowest BCUT2D eigenvalue weighted by molar-refractivity contribution is 0.405. The Morgan fingerprint density at radius 3 is 1.89 bits per heavy atom. The van der Waals surface area contributed by atoms with Crippen LogP contribution in [0.15, 0.2) is 86.3 Å². The van der Waals surface area contributed by atoms with Crippen molar-refractivity contribution in [2.75, 3.05) is 12.8 Å². The van der Waals surface area contributed by atoms with E-state index in [1.807, 2.05) is 24.3 Å². The molecule has 140 valence electrons. The van der Waals surface area contributed by atoms with Gasteiger partial charge in [-0.25, -0.2) is 0 Å². The highest BCUT2D eigenvalue weighted by molar-refractivity contribution is 8.02. The second kappa shape index (κ2) is 8.32. The smallest absolute Gasteiger partial charge is 0.132 e. The van der Waals surface area contributed by atoms with Crippen LogP contribution in [0.5, 0.6) is 5.75 Å². The highest BCUT2D eigenvalue weighted by Crippen LogP contribution is 2.43. The second-order valence-electron chi connectivity index (χ2n) is 7.30. The van der Waals surface area contributed by atoms with E-state index in [1.54, 1.807) is 30.6 Å². The predicted molar refractivity (Wildman–Crippen MR) is 117 cm³/mol. The Morgan fingerprint density at radius 1 is 0.741 bits per heavy atom. The number of methoxy groups -OCH3 is 1. The van der Waals surface area contributed by atoms with Crippen molar-refractivity contribution in [2.45, 2.75) is 45.8 Å². The van der Waals surface area contributed by atoms with Gasteiger partial charge in [-0.15, -0.1) is 0 Å². The van der Waals surface area contributed by atoms with Gasteiger partial charge in [-0.2, -0.15) is 0 Å². The number of nitrogen functional groups attached to an aromatic ring is 1. The summed E-state index contributed by atoms with van der Waals surface area (Å²) in [5.74, 6) is 0.886. The molecular formula is C23H25NOS2. The molecule has 3 aromatic carbocycles. The summed E-state index contributed by atoms with van der Waals surface area (Å²) in [6.45, 7) is 6.66. The molecule has 2 N–H and O–H groups in total. The molecule has 0 amide bonds. The van der Waals surface area contributed by atoms with Crippen molar-refractivity contribution in [1.29, 1.82) is 0 Å². The number of anilines is 1. The summed E-state index contributed by atoms with van der Waals surface area (Å²) in [7, 11) is 1.71. The topological polar surface area (TPSA) is 35.2 Å². The third-order valence-corrected chi connectivity index (χ3v) is 6.65. The van der Waals surface area contributed by atoms with Crippen LogP contribution in [0.2, 0.25) is 0 Å². The molecule has 0 aliphatic rings. The van der Waals surface area contributed by atoms with Crippen molar-refractivity contribution in [3.63, 3.8) is 0 Å². The van der Waals surface area contributed by atoms with Gasteiger partial charge in [-0.3, -0.25) is 0 Å². The number of hydrogen-bond donors (Lipinski definition) is 1. The molecule has 0 unspecified atom stereocenters. The summed E-state index contributed by atoms with van der Waals surface area (Å²) >= 11 is 3.43. The minimum Gasteiger partial charge on any atom is -0.496 e. The van der Waals surface area contributed by atoms with Crippen LogP contribution in [0.1, 0.15) is 26.3 Å². The molecule has 0 aromatic heterocycles. The summed E-state index contributed by atoms with van der Waals surface area (Å²) < 4.78 is 5.50. The van der Waals surface area contributed by atoms with Crippen LogP contribution in [0, 0.1) is 0 Å². The minimum atomic E-state index is 0.0919. The molecule has 3 rings (SSSR count). The fourth-order valence-electron chi connectivity index (χ4n) is 2.65. The van der Waals surface area contributed by atoms with Crippen LogP contribution in [0.25, 0.3) is 0 Å². The van der Waals surface area contributed by atoms with Gasteiger partial charge >= 0.3 is 0 Å². The largest absolute Gasteiger partial charge is 0.496 e. The van der Waals surface area contributed by atoms with Crippen LogP contribution in [0.4, 0.5) is 5.69 Å². The van der Waals surface area contributed by atoms with Gasteiger partial charge in [0, 0.05) is 20.4 Å². The molecule has 0 spiro atoms. The fraction of sp³-hybridized carbons (Fsp3) is 0.217. The Balaban J connectivity index is 1.93. The summed E-state index contributed by atoms with van der Waals surface area (Å²) in [5.41, 5.74) is 8.47. The molecular weight excluding hydrogens is 370 g/mol. The lowest BCUT2D eigenvalue weighted by Gasteiger charge is -2.21. The van der Waals surface area contributed by atoms with E-state index in [-0.39, 0.29) is 5.41 Å². The van der Waals surface area contributed by atoms with E-state index in [1.165, 1.54) is 15.4 Å². The van der Waals surface area contributed by atoms with E-state index in [0.29, 0.717) is 0 Å². The minimum absolute atomic E-state index is 0.0919. The maximum atomic E-state index is 6.28. The van der Waals surface area contributed by atoms with Crippen molar-refractivity contribution in [2.24, 2.45) is 0 Å². The van der Waals surface area contributed by atoms with Crippen LogP contribution < -0.4 is 10.5 Å². The number of hydrogen-bond acceptors (Lipinski definition) is 4. The van der Waals surface area contributed by atoms with E-state index < -0.39 is 0 Å². The van der Waals surface area contributed by atoms with Crippen LogP contribution >= 0.6 is 23.5 Å². The van der Waals surface area contributed by atoms with Crippen molar-refractivity contribution in [3.8, 4) is 5.75 Å². The first-order valence-corrected chi connectivity index (χ1v) is 10.5. The molecule has 0 saturated carbocycles. The Labute approximate surface area is 170 Å². The van der Waals surface area contributed by atoms with Gasteiger partial charge in [0.2, 0.25) is 0 Å². The van der Waals surface area contributed by atoms with Crippen molar-refractivity contribution in [3.05, 3.63) is 72.3 Å². The Hall–Kier alpha value is -2.04. The zero-order valence-corrected chi connectivity index (χ0v) is 17.8. The van der Waals surface area contributed by atoms with Gasteiger partial charge < -0.3 is 10.5 Å². The molecule has 2 nitrogen and oxygen atoms in total. The molecule has 0 aliphatic heterocycles. The average Bonchev–Trinajstić information content (AvgIpc) is 2.64. The van der Waals surface area contributed by atoms with Crippen LogP contribution in [-0.4, -0.2) is 7.11 Å². The lowest BCUT2D eigenvalue weighted by atomic mass is 9.87. The first kappa shape index (κ1) is 19.7. The highest BCUT2D eigenvalue weighted by atomic mass is 32.2. The monoisotopic (exact) mass is 395 g/mol. The molecule has 0 aliphatic carbocycles. The quantitative estimate of drug-likeness (QED) is 0.478. The van der Waals surface area contributed by atoms with Gasteiger partial charge in [0.15, 0.2) is 0 Å². The second-order valence-corrected chi connectivity index (χ2v) is 9.47. The number of ether oxygens (including phenoxy) is 1. The lowest BCUT2D eigenvalue weighted by Crippen LogP contribution is -2.11. The van der Waals surface area contributed by atoms with Crippen molar-refractivity contribution < 1.29 is 4.74 Å². The molecule has 0 heterocycles. The van der Waals surface area contributed by atoms with E-state index >= 15 is 0 Å². The first-order chi connectivity index (χ1) is 12.9. The van der Waals surface area contributed by atoms with Gasteiger partial charge in [0.1, 0.15) is 5.75 Å². The van der Waals surface area contributed by atoms with E-state index in [0.717, 1.165) is 21.2 Å². The zero-order valence-electron chi connectivity index (χ0n) is 16.2. The molecule has 0 radical (unpaired) electrons. The van der Waals surface area contributed by atoms with Crippen LogP contribution in [-0.2, 0) is 5.41 Å². The SMILES string of the molecule is COc1ccccc1Sc1ccccc1Sc1cc(C(C)(C)C)ccc1N. The number of rotatable bonds is 5. The zero-order chi connectivity index (χ0) is 19.4. The summed E-state index contributed by atoms with van der Waals surface area (Å²) in [6, 6.07) is 22.9. The normalized spacial score (nSPS) is 11.4. The van der Waals surface area contributed by atoms with E-state index in [4.69, 9.17) is 10.5 Å². The summed E-state index contributed by atoms with van der Waals surface area (Å²) in [5, 5.41) is 0. The van der Waals surface area contributed by atoms with Crippen molar-refractivity contribution >= 4 is 29.2 Å². The summed E-state index contributed by atoms with van der Waals surface area (Å²) in [4.78, 5) is 4.57. The van der Waals surface area contributed by atoms with Crippen molar-refractivity contribution in [1.82, 2.24) is 0 Å². The molecule has 0 fully saturated rings. The van der Waals surface area contributed by atoms with Gasteiger partial charge in [0.05, 0.1) is 12.0 Å².